The molecule has 2 unspecified atom stereocenters. The van der Waals surface area contributed by atoms with E-state index in [1.807, 2.05) is 18.2 Å². The molecule has 2 atom stereocenters. The van der Waals surface area contributed by atoms with Gasteiger partial charge in [0, 0.05) is 6.42 Å². The molecule has 0 bridgehead atoms. The van der Waals surface area contributed by atoms with E-state index in [1.54, 1.807) is 7.11 Å². The molecule has 2 N–H and O–H groups in total. The first kappa shape index (κ1) is 12.9. The molecule has 1 fully saturated rings. The molecule has 0 spiro atoms. The third kappa shape index (κ3) is 2.34. The summed E-state index contributed by atoms with van der Waals surface area (Å²) < 4.78 is 10.6. The zero-order valence-corrected chi connectivity index (χ0v) is 11.0. The van der Waals surface area contributed by atoms with Crippen molar-refractivity contribution < 1.29 is 14.3 Å². The molecule has 1 aromatic rings. The summed E-state index contributed by atoms with van der Waals surface area (Å²) in [7, 11) is 1.66. The van der Waals surface area contributed by atoms with Gasteiger partial charge in [-0.2, -0.15) is 0 Å². The van der Waals surface area contributed by atoms with Gasteiger partial charge in [-0.25, -0.2) is 0 Å². The van der Waals surface area contributed by atoms with Crippen LogP contribution in [0.4, 0.5) is 0 Å². The van der Waals surface area contributed by atoms with E-state index >= 15 is 0 Å². The molecule has 0 amide bonds. The Hall–Kier alpha value is -1.55. The van der Waals surface area contributed by atoms with Crippen molar-refractivity contribution in [3.05, 3.63) is 29.3 Å². The summed E-state index contributed by atoms with van der Waals surface area (Å²) in [5.74, 6) is 0.898. The Bertz CT molecular complexity index is 456. The topological polar surface area (TPSA) is 61.5 Å². The van der Waals surface area contributed by atoms with E-state index < -0.39 is 6.04 Å². The number of hydrogen-bond donors (Lipinski definition) is 1. The van der Waals surface area contributed by atoms with Crippen LogP contribution < -0.4 is 10.5 Å². The molecule has 0 saturated carbocycles. The van der Waals surface area contributed by atoms with Crippen molar-refractivity contribution in [2.75, 3.05) is 7.11 Å². The number of methoxy groups -OCH3 is 1. The molecule has 18 heavy (non-hydrogen) atoms. The average Bonchev–Trinajstić information content (AvgIpc) is 2.68. The van der Waals surface area contributed by atoms with Gasteiger partial charge in [0.1, 0.15) is 17.9 Å². The van der Waals surface area contributed by atoms with E-state index in [0.717, 1.165) is 16.9 Å². The first-order chi connectivity index (χ1) is 8.52. The van der Waals surface area contributed by atoms with Crippen LogP contribution in [0, 0.1) is 0 Å². The number of hydrogen-bond acceptors (Lipinski definition) is 4. The lowest BCUT2D eigenvalue weighted by molar-refractivity contribution is -0.142. The largest absolute Gasteiger partial charge is 0.496 e. The van der Waals surface area contributed by atoms with Gasteiger partial charge >= 0.3 is 5.97 Å². The molecule has 0 aliphatic carbocycles. The van der Waals surface area contributed by atoms with Gasteiger partial charge in [-0.3, -0.25) is 4.79 Å². The van der Waals surface area contributed by atoms with Crippen molar-refractivity contribution in [1.82, 2.24) is 0 Å². The predicted octanol–water partition coefficient (Wildman–Crippen LogP) is 2.13. The summed E-state index contributed by atoms with van der Waals surface area (Å²) in [4.78, 5) is 11.3. The van der Waals surface area contributed by atoms with Crippen molar-refractivity contribution in [1.29, 1.82) is 0 Å². The normalized spacial score (nSPS) is 23.3. The Balaban J connectivity index is 2.30. The Morgan fingerprint density at radius 3 is 2.67 bits per heavy atom. The van der Waals surface area contributed by atoms with Crippen LogP contribution in [0.2, 0.25) is 0 Å². The van der Waals surface area contributed by atoms with Crippen molar-refractivity contribution in [2.24, 2.45) is 5.73 Å². The van der Waals surface area contributed by atoms with Gasteiger partial charge in [0.25, 0.3) is 0 Å². The maximum absolute atomic E-state index is 11.3. The maximum Gasteiger partial charge on any atom is 0.323 e. The van der Waals surface area contributed by atoms with E-state index in [4.69, 9.17) is 15.2 Å². The second-order valence-electron chi connectivity index (χ2n) is 4.92. The lowest BCUT2D eigenvalue weighted by Crippen LogP contribution is -2.24. The molecule has 1 aliphatic heterocycles. The number of benzene rings is 1. The molecule has 98 valence electrons. The average molecular weight is 249 g/mol. The smallest absolute Gasteiger partial charge is 0.323 e. The van der Waals surface area contributed by atoms with Crippen LogP contribution in [0.15, 0.2) is 18.2 Å². The predicted molar refractivity (Wildman–Crippen MR) is 68.5 cm³/mol. The van der Waals surface area contributed by atoms with Crippen LogP contribution in [0.5, 0.6) is 5.75 Å². The second-order valence-corrected chi connectivity index (χ2v) is 4.92. The summed E-state index contributed by atoms with van der Waals surface area (Å²) in [6.45, 7) is 4.21. The van der Waals surface area contributed by atoms with Gasteiger partial charge in [0.05, 0.1) is 7.11 Å². The summed E-state index contributed by atoms with van der Waals surface area (Å²) in [5, 5.41) is 0. The quantitative estimate of drug-likeness (QED) is 0.834. The van der Waals surface area contributed by atoms with Crippen molar-refractivity contribution >= 4 is 5.97 Å². The van der Waals surface area contributed by atoms with Gasteiger partial charge in [0.2, 0.25) is 0 Å². The molecule has 1 aromatic carbocycles. The number of cyclic esters (lactones) is 1. The van der Waals surface area contributed by atoms with Gasteiger partial charge in [-0.15, -0.1) is 0 Å². The number of carbonyl (C=O) groups excluding carboxylic acids is 1. The molecule has 2 rings (SSSR count). The molecular weight excluding hydrogens is 230 g/mol. The molecule has 0 radical (unpaired) electrons. The maximum atomic E-state index is 11.3. The highest BCUT2D eigenvalue weighted by molar-refractivity contribution is 5.77. The number of nitrogens with two attached hydrogens (primary N) is 1. The SMILES string of the molecule is COc1ccc(C2CC(N)C(=O)O2)cc1C(C)C. The lowest BCUT2D eigenvalue weighted by atomic mass is 9.96. The molecular formula is C14H19NO3. The summed E-state index contributed by atoms with van der Waals surface area (Å²) in [6.07, 6.45) is 0.318. The minimum atomic E-state index is -0.500. The van der Waals surface area contributed by atoms with Gasteiger partial charge in [-0.05, 0) is 29.2 Å². The van der Waals surface area contributed by atoms with Gasteiger partial charge in [0.15, 0.2) is 0 Å². The monoisotopic (exact) mass is 249 g/mol. The van der Waals surface area contributed by atoms with Crippen molar-refractivity contribution in [2.45, 2.75) is 38.3 Å². The van der Waals surface area contributed by atoms with E-state index in [0.29, 0.717) is 12.3 Å². The number of carbonyl (C=O) groups is 1. The highest BCUT2D eigenvalue weighted by Gasteiger charge is 2.32. The molecule has 1 aliphatic rings. The first-order valence-corrected chi connectivity index (χ1v) is 6.16. The van der Waals surface area contributed by atoms with Crippen molar-refractivity contribution in [3.8, 4) is 5.75 Å². The van der Waals surface area contributed by atoms with Crippen LogP contribution in [0.3, 0.4) is 0 Å². The van der Waals surface area contributed by atoms with Crippen molar-refractivity contribution in [3.63, 3.8) is 0 Å². The molecule has 1 saturated heterocycles. The second kappa shape index (κ2) is 4.98. The first-order valence-electron chi connectivity index (χ1n) is 6.16. The fraction of sp³-hybridized carbons (Fsp3) is 0.500. The third-order valence-corrected chi connectivity index (χ3v) is 3.28. The standard InChI is InChI=1S/C14H19NO3/c1-8(2)10-6-9(4-5-12(10)17-3)13-7-11(15)14(16)18-13/h4-6,8,11,13H,7,15H2,1-3H3. The van der Waals surface area contributed by atoms with Crippen LogP contribution >= 0.6 is 0 Å². The highest BCUT2D eigenvalue weighted by Crippen LogP contribution is 2.34. The Labute approximate surface area is 107 Å². The fourth-order valence-electron chi connectivity index (χ4n) is 2.21. The van der Waals surface area contributed by atoms with Crippen LogP contribution in [-0.4, -0.2) is 19.1 Å². The fourth-order valence-corrected chi connectivity index (χ4v) is 2.21. The number of esters is 1. The van der Waals surface area contributed by atoms with E-state index in [-0.39, 0.29) is 12.1 Å². The van der Waals surface area contributed by atoms with Crippen LogP contribution in [-0.2, 0) is 9.53 Å². The zero-order valence-electron chi connectivity index (χ0n) is 11.0. The summed E-state index contributed by atoms with van der Waals surface area (Å²) in [6, 6.07) is 5.39. The van der Waals surface area contributed by atoms with E-state index in [9.17, 15) is 4.79 Å². The number of ether oxygens (including phenoxy) is 2. The third-order valence-electron chi connectivity index (χ3n) is 3.28. The van der Waals surface area contributed by atoms with Gasteiger partial charge in [-0.1, -0.05) is 19.9 Å². The van der Waals surface area contributed by atoms with Crippen LogP contribution in [0.25, 0.3) is 0 Å². The Morgan fingerprint density at radius 1 is 1.44 bits per heavy atom. The number of rotatable bonds is 3. The molecule has 4 nitrogen and oxygen atoms in total. The van der Waals surface area contributed by atoms with Gasteiger partial charge < -0.3 is 15.2 Å². The summed E-state index contributed by atoms with van der Waals surface area (Å²) >= 11 is 0. The molecule has 4 heteroatoms. The van der Waals surface area contributed by atoms with Crippen LogP contribution in [0.1, 0.15) is 43.4 Å². The Morgan fingerprint density at radius 2 is 2.17 bits per heavy atom. The summed E-state index contributed by atoms with van der Waals surface area (Å²) in [5.41, 5.74) is 7.76. The molecule has 0 aromatic heterocycles. The molecule has 1 heterocycles. The van der Waals surface area contributed by atoms with E-state index in [2.05, 4.69) is 13.8 Å². The highest BCUT2D eigenvalue weighted by atomic mass is 16.6. The minimum Gasteiger partial charge on any atom is -0.496 e. The minimum absolute atomic E-state index is 0.226. The lowest BCUT2D eigenvalue weighted by Gasteiger charge is -2.16. The van der Waals surface area contributed by atoms with E-state index in [1.165, 1.54) is 0 Å². The zero-order chi connectivity index (χ0) is 13.3. The Kier molecular flexibility index (Phi) is 3.57.